The van der Waals surface area contributed by atoms with Gasteiger partial charge < -0.3 is 5.32 Å². The van der Waals surface area contributed by atoms with Crippen molar-refractivity contribution in [3.63, 3.8) is 0 Å². The smallest absolute Gasteiger partial charge is 0.124 e. The molecule has 0 saturated carbocycles. The average Bonchev–Trinajstić information content (AvgIpc) is 2.24. The maximum absolute atomic E-state index is 13.3. The third-order valence-electron chi connectivity index (χ3n) is 2.53. The van der Waals surface area contributed by atoms with E-state index in [1.165, 1.54) is 6.07 Å². The maximum atomic E-state index is 13.3. The summed E-state index contributed by atoms with van der Waals surface area (Å²) in [5, 5.41) is 4.10. The Kier molecular flexibility index (Phi) is 7.27. The summed E-state index contributed by atoms with van der Waals surface area (Å²) in [5.74, 6) is 0.880. The van der Waals surface area contributed by atoms with E-state index < -0.39 is 0 Å². The zero-order valence-corrected chi connectivity index (χ0v) is 13.6. The SMILES string of the molecule is CCNC(CSC(C)C)Cc1cc(F)cc(Br)c1. The van der Waals surface area contributed by atoms with Crippen LogP contribution in [-0.2, 0) is 6.42 Å². The van der Waals surface area contributed by atoms with Crippen molar-refractivity contribution >= 4 is 27.7 Å². The van der Waals surface area contributed by atoms with Crippen LogP contribution >= 0.6 is 27.7 Å². The summed E-state index contributed by atoms with van der Waals surface area (Å²) in [6.07, 6.45) is 0.865. The highest BCUT2D eigenvalue weighted by Crippen LogP contribution is 2.18. The van der Waals surface area contributed by atoms with Gasteiger partial charge in [0.05, 0.1) is 0 Å². The molecule has 0 heterocycles. The van der Waals surface area contributed by atoms with Gasteiger partial charge in [-0.2, -0.15) is 11.8 Å². The fourth-order valence-corrected chi connectivity index (χ4v) is 3.17. The quantitative estimate of drug-likeness (QED) is 0.800. The van der Waals surface area contributed by atoms with E-state index in [-0.39, 0.29) is 5.82 Å². The molecule has 0 fully saturated rings. The molecule has 0 saturated heterocycles. The largest absolute Gasteiger partial charge is 0.313 e. The van der Waals surface area contributed by atoms with Crippen molar-refractivity contribution in [2.24, 2.45) is 0 Å². The molecule has 0 aliphatic heterocycles. The molecule has 1 aromatic carbocycles. The minimum atomic E-state index is -0.175. The van der Waals surface area contributed by atoms with Crippen LogP contribution in [0.4, 0.5) is 4.39 Å². The lowest BCUT2D eigenvalue weighted by molar-refractivity contribution is 0.567. The average molecular weight is 334 g/mol. The molecule has 0 spiro atoms. The van der Waals surface area contributed by atoms with Gasteiger partial charge in [-0.15, -0.1) is 0 Å². The van der Waals surface area contributed by atoms with Crippen molar-refractivity contribution in [1.29, 1.82) is 0 Å². The third kappa shape index (κ3) is 6.21. The second-order valence-electron chi connectivity index (χ2n) is 4.62. The Morgan fingerprint density at radius 2 is 2.06 bits per heavy atom. The first-order valence-electron chi connectivity index (χ1n) is 6.31. The van der Waals surface area contributed by atoms with Crippen molar-refractivity contribution < 1.29 is 4.39 Å². The van der Waals surface area contributed by atoms with Crippen LogP contribution in [0.25, 0.3) is 0 Å². The second kappa shape index (κ2) is 8.18. The molecular formula is C14H21BrFNS. The number of thioether (sulfide) groups is 1. The molecule has 1 rings (SSSR count). The number of halogens is 2. The van der Waals surface area contributed by atoms with Crippen molar-refractivity contribution in [3.05, 3.63) is 34.1 Å². The van der Waals surface area contributed by atoms with E-state index in [2.05, 4.69) is 42.0 Å². The van der Waals surface area contributed by atoms with E-state index in [1.54, 1.807) is 6.07 Å². The Bertz CT molecular complexity index is 351. The summed E-state index contributed by atoms with van der Waals surface area (Å²) in [7, 11) is 0. The first-order chi connectivity index (χ1) is 8.51. The van der Waals surface area contributed by atoms with Crippen LogP contribution in [0.3, 0.4) is 0 Å². The van der Waals surface area contributed by atoms with Crippen molar-refractivity contribution in [2.75, 3.05) is 12.3 Å². The van der Waals surface area contributed by atoms with Crippen LogP contribution in [0.15, 0.2) is 22.7 Å². The van der Waals surface area contributed by atoms with Gasteiger partial charge in [-0.1, -0.05) is 36.7 Å². The highest BCUT2D eigenvalue weighted by Gasteiger charge is 2.11. The summed E-state index contributed by atoms with van der Waals surface area (Å²) in [4.78, 5) is 0. The van der Waals surface area contributed by atoms with Crippen LogP contribution in [0.5, 0.6) is 0 Å². The van der Waals surface area contributed by atoms with E-state index in [9.17, 15) is 4.39 Å². The zero-order chi connectivity index (χ0) is 13.5. The fourth-order valence-electron chi connectivity index (χ4n) is 1.80. The molecule has 1 atom stereocenters. The lowest BCUT2D eigenvalue weighted by Gasteiger charge is -2.19. The lowest BCUT2D eigenvalue weighted by Crippen LogP contribution is -2.33. The Balaban J connectivity index is 2.63. The van der Waals surface area contributed by atoms with Crippen LogP contribution < -0.4 is 5.32 Å². The molecular weight excluding hydrogens is 313 g/mol. The van der Waals surface area contributed by atoms with Gasteiger partial charge in [0.2, 0.25) is 0 Å². The Hall–Kier alpha value is -0.0600. The minimum Gasteiger partial charge on any atom is -0.313 e. The van der Waals surface area contributed by atoms with E-state index in [0.29, 0.717) is 11.3 Å². The molecule has 18 heavy (non-hydrogen) atoms. The highest BCUT2D eigenvalue weighted by atomic mass is 79.9. The predicted octanol–water partition coefficient (Wildman–Crippen LogP) is 4.25. The van der Waals surface area contributed by atoms with Crippen molar-refractivity contribution in [3.8, 4) is 0 Å². The minimum absolute atomic E-state index is 0.175. The number of likely N-dealkylation sites (N-methyl/N-ethyl adjacent to an activating group) is 1. The van der Waals surface area contributed by atoms with Gasteiger partial charge in [-0.25, -0.2) is 4.39 Å². The van der Waals surface area contributed by atoms with Crippen molar-refractivity contribution in [2.45, 2.75) is 38.5 Å². The number of hydrogen-bond acceptors (Lipinski definition) is 2. The topological polar surface area (TPSA) is 12.0 Å². The van der Waals surface area contributed by atoms with Gasteiger partial charge in [-0.3, -0.25) is 0 Å². The number of benzene rings is 1. The standard InChI is InChI=1S/C14H21BrFNS/c1-4-17-14(9-18-10(2)3)7-11-5-12(15)8-13(16)6-11/h5-6,8,10,14,17H,4,7,9H2,1-3H3. The lowest BCUT2D eigenvalue weighted by atomic mass is 10.1. The molecule has 1 aromatic rings. The summed E-state index contributed by atoms with van der Waals surface area (Å²) < 4.78 is 14.1. The molecule has 1 nitrogen and oxygen atoms in total. The second-order valence-corrected chi connectivity index (χ2v) is 7.14. The first-order valence-corrected chi connectivity index (χ1v) is 8.15. The third-order valence-corrected chi connectivity index (χ3v) is 4.25. The van der Waals surface area contributed by atoms with Crippen LogP contribution in [0.2, 0.25) is 0 Å². The van der Waals surface area contributed by atoms with Gasteiger partial charge in [0.25, 0.3) is 0 Å². The summed E-state index contributed by atoms with van der Waals surface area (Å²) >= 11 is 5.28. The maximum Gasteiger partial charge on any atom is 0.124 e. The van der Waals surface area contributed by atoms with Gasteiger partial charge in [0.15, 0.2) is 0 Å². The fraction of sp³-hybridized carbons (Fsp3) is 0.571. The molecule has 1 unspecified atom stereocenters. The molecule has 0 bridgehead atoms. The van der Waals surface area contributed by atoms with E-state index in [0.717, 1.165) is 28.8 Å². The Morgan fingerprint density at radius 3 is 2.61 bits per heavy atom. The van der Waals surface area contributed by atoms with Gasteiger partial charge in [0, 0.05) is 16.3 Å². The number of rotatable bonds is 7. The zero-order valence-electron chi connectivity index (χ0n) is 11.2. The first kappa shape index (κ1) is 16.0. The van der Waals surface area contributed by atoms with Crippen LogP contribution in [0, 0.1) is 5.82 Å². The number of hydrogen-bond donors (Lipinski definition) is 1. The van der Waals surface area contributed by atoms with Crippen molar-refractivity contribution in [1.82, 2.24) is 5.32 Å². The molecule has 102 valence electrons. The van der Waals surface area contributed by atoms with Gasteiger partial charge in [-0.05, 0) is 42.0 Å². The molecule has 1 N–H and O–H groups in total. The van der Waals surface area contributed by atoms with Gasteiger partial charge >= 0.3 is 0 Å². The van der Waals surface area contributed by atoms with E-state index in [1.807, 2.05) is 17.8 Å². The molecule has 0 amide bonds. The summed E-state index contributed by atoms with van der Waals surface area (Å²) in [5.41, 5.74) is 1.04. The van der Waals surface area contributed by atoms with Crippen LogP contribution in [-0.4, -0.2) is 23.6 Å². The molecule has 0 radical (unpaired) electrons. The monoisotopic (exact) mass is 333 g/mol. The molecule has 4 heteroatoms. The highest BCUT2D eigenvalue weighted by molar-refractivity contribution is 9.10. The summed E-state index contributed by atoms with van der Waals surface area (Å²) in [6.45, 7) is 7.45. The van der Waals surface area contributed by atoms with Crippen LogP contribution in [0.1, 0.15) is 26.3 Å². The van der Waals surface area contributed by atoms with E-state index in [4.69, 9.17) is 0 Å². The summed E-state index contributed by atoms with van der Waals surface area (Å²) in [6, 6.07) is 5.51. The van der Waals surface area contributed by atoms with Gasteiger partial charge in [0.1, 0.15) is 5.82 Å². The van der Waals surface area contributed by atoms with E-state index >= 15 is 0 Å². The molecule has 0 aromatic heterocycles. The Labute approximate surface area is 122 Å². The predicted molar refractivity (Wildman–Crippen MR) is 82.9 cm³/mol. The number of nitrogens with one attached hydrogen (secondary N) is 1. The molecule has 0 aliphatic rings. The molecule has 0 aliphatic carbocycles. The Morgan fingerprint density at radius 1 is 1.33 bits per heavy atom. The normalized spacial score (nSPS) is 13.0.